The van der Waals surface area contributed by atoms with Crippen LogP contribution < -0.4 is 5.56 Å². The molecule has 7 heteroatoms. The van der Waals surface area contributed by atoms with Crippen molar-refractivity contribution in [2.45, 2.75) is 6.54 Å². The van der Waals surface area contributed by atoms with Crippen LogP contribution in [0.4, 0.5) is 0 Å². The Hall–Kier alpha value is -2.18. The molecule has 1 N–H and O–H groups in total. The Bertz CT molecular complexity index is 583. The Morgan fingerprint density at radius 3 is 3.00 bits per heavy atom. The van der Waals surface area contributed by atoms with Gasteiger partial charge in [0.05, 0.1) is 6.20 Å². The van der Waals surface area contributed by atoms with Crippen molar-refractivity contribution in [3.8, 4) is 0 Å². The van der Waals surface area contributed by atoms with Gasteiger partial charge < -0.3 is 5.11 Å². The lowest BCUT2D eigenvalue weighted by atomic mass is 10.4. The number of fused-ring (bicyclic) bond motifs is 1. The van der Waals surface area contributed by atoms with Crippen molar-refractivity contribution in [1.29, 1.82) is 0 Å². The molecule has 2 rings (SSSR count). The van der Waals surface area contributed by atoms with Crippen LogP contribution in [0.25, 0.3) is 11.0 Å². The number of aryl methyl sites for hydroxylation is 1. The number of hydrogen-bond donors (Lipinski definition) is 1. The molecule has 0 amide bonds. The fraction of sp³-hybridized carbons (Fsp3) is 0.250. The lowest BCUT2D eigenvalue weighted by Crippen LogP contribution is -2.24. The number of carbonyl (C=O) groups is 1. The lowest BCUT2D eigenvalue weighted by Gasteiger charge is -2.00. The normalized spacial score (nSPS) is 10.7. The van der Waals surface area contributed by atoms with Gasteiger partial charge in [-0.3, -0.25) is 18.8 Å². The molecule has 15 heavy (non-hydrogen) atoms. The molecular weight excluding hydrogens is 200 g/mol. The predicted molar refractivity (Wildman–Crippen MR) is 50.4 cm³/mol. The number of aromatic nitrogens is 4. The first-order valence-corrected chi connectivity index (χ1v) is 4.18. The van der Waals surface area contributed by atoms with Crippen LogP contribution in [0.1, 0.15) is 0 Å². The zero-order chi connectivity index (χ0) is 11.0. The van der Waals surface area contributed by atoms with E-state index in [2.05, 4.69) is 10.1 Å². The van der Waals surface area contributed by atoms with E-state index in [4.69, 9.17) is 5.11 Å². The average Bonchev–Trinajstić information content (AvgIpc) is 2.53. The summed E-state index contributed by atoms with van der Waals surface area (Å²) < 4.78 is 2.49. The molecule has 0 atom stereocenters. The summed E-state index contributed by atoms with van der Waals surface area (Å²) in [6.45, 7) is -0.392. The summed E-state index contributed by atoms with van der Waals surface area (Å²) in [5, 5.41) is 12.8. The van der Waals surface area contributed by atoms with Crippen LogP contribution in [0.3, 0.4) is 0 Å². The first-order valence-electron chi connectivity index (χ1n) is 4.18. The van der Waals surface area contributed by atoms with Gasteiger partial charge in [-0.2, -0.15) is 5.10 Å². The largest absolute Gasteiger partial charge is 0.480 e. The molecule has 0 spiro atoms. The highest BCUT2D eigenvalue weighted by atomic mass is 16.4. The first kappa shape index (κ1) is 9.38. The van der Waals surface area contributed by atoms with E-state index in [1.165, 1.54) is 17.2 Å². The van der Waals surface area contributed by atoms with Crippen LogP contribution in [0.15, 0.2) is 17.3 Å². The number of nitrogens with zero attached hydrogens (tertiary/aromatic N) is 4. The minimum atomic E-state index is -1.08. The minimum absolute atomic E-state index is 0.321. The zero-order valence-corrected chi connectivity index (χ0v) is 7.91. The summed E-state index contributed by atoms with van der Waals surface area (Å²) in [4.78, 5) is 26.1. The van der Waals surface area contributed by atoms with E-state index in [1.54, 1.807) is 7.05 Å². The zero-order valence-electron chi connectivity index (χ0n) is 7.91. The molecule has 0 radical (unpaired) electrons. The van der Waals surface area contributed by atoms with Gasteiger partial charge in [-0.1, -0.05) is 0 Å². The molecule has 2 aromatic heterocycles. The first-order chi connectivity index (χ1) is 7.09. The topological polar surface area (TPSA) is 90.0 Å². The molecule has 0 saturated heterocycles. The third kappa shape index (κ3) is 1.47. The minimum Gasteiger partial charge on any atom is -0.480 e. The number of hydrogen-bond acceptors (Lipinski definition) is 4. The molecule has 0 aliphatic carbocycles. The van der Waals surface area contributed by atoms with Crippen molar-refractivity contribution in [3.05, 3.63) is 22.9 Å². The average molecular weight is 208 g/mol. The molecule has 0 aliphatic rings. The maximum Gasteiger partial charge on any atom is 0.323 e. The van der Waals surface area contributed by atoms with Crippen LogP contribution in [0.2, 0.25) is 0 Å². The van der Waals surface area contributed by atoms with Crippen molar-refractivity contribution in [2.24, 2.45) is 7.05 Å². The molecule has 0 fully saturated rings. The van der Waals surface area contributed by atoms with Gasteiger partial charge in [-0.05, 0) is 0 Å². The molecule has 0 saturated carbocycles. The Morgan fingerprint density at radius 2 is 2.33 bits per heavy atom. The van der Waals surface area contributed by atoms with Gasteiger partial charge in [-0.15, -0.1) is 0 Å². The summed E-state index contributed by atoms with van der Waals surface area (Å²) >= 11 is 0. The number of rotatable bonds is 2. The van der Waals surface area contributed by atoms with E-state index >= 15 is 0 Å². The molecule has 0 bridgehead atoms. The maximum absolute atomic E-state index is 11.7. The molecule has 2 heterocycles. The van der Waals surface area contributed by atoms with Crippen molar-refractivity contribution < 1.29 is 9.90 Å². The van der Waals surface area contributed by atoms with Crippen molar-refractivity contribution in [2.75, 3.05) is 0 Å². The highest BCUT2D eigenvalue weighted by Gasteiger charge is 2.09. The molecule has 0 unspecified atom stereocenters. The van der Waals surface area contributed by atoms with Crippen molar-refractivity contribution in [3.63, 3.8) is 0 Å². The van der Waals surface area contributed by atoms with Crippen LogP contribution in [-0.2, 0) is 18.4 Å². The molecule has 0 aromatic carbocycles. The van der Waals surface area contributed by atoms with Crippen LogP contribution >= 0.6 is 0 Å². The Morgan fingerprint density at radius 1 is 1.60 bits per heavy atom. The molecule has 7 nitrogen and oxygen atoms in total. The quantitative estimate of drug-likeness (QED) is 0.698. The highest BCUT2D eigenvalue weighted by Crippen LogP contribution is 2.02. The lowest BCUT2D eigenvalue weighted by molar-refractivity contribution is -0.137. The Kier molecular flexibility index (Phi) is 2.00. The molecule has 0 aliphatic heterocycles. The number of carboxylic acids is 1. The fourth-order valence-corrected chi connectivity index (χ4v) is 1.32. The standard InChI is InChI=1S/C8H8N4O3/c1-11-7-5(2-10-11)8(15)12(4-9-7)3-6(13)14/h2,4H,3H2,1H3,(H,13,14). The van der Waals surface area contributed by atoms with Gasteiger partial charge in [0.1, 0.15) is 18.3 Å². The van der Waals surface area contributed by atoms with Crippen LogP contribution in [0, 0.1) is 0 Å². The van der Waals surface area contributed by atoms with Crippen molar-refractivity contribution >= 4 is 17.0 Å². The van der Waals surface area contributed by atoms with E-state index in [9.17, 15) is 9.59 Å². The summed E-state index contributed by atoms with van der Waals surface area (Å²) in [5.41, 5.74) is 0.0529. The Balaban J connectivity index is 2.66. The summed E-state index contributed by atoms with van der Waals surface area (Å²) in [6.07, 6.45) is 2.59. The van der Waals surface area contributed by atoms with Gasteiger partial charge >= 0.3 is 5.97 Å². The van der Waals surface area contributed by atoms with E-state index in [-0.39, 0.29) is 0 Å². The van der Waals surface area contributed by atoms with E-state index in [0.29, 0.717) is 11.0 Å². The van der Waals surface area contributed by atoms with Crippen molar-refractivity contribution in [1.82, 2.24) is 19.3 Å². The Labute approximate surface area is 83.6 Å². The third-order valence-electron chi connectivity index (χ3n) is 2.02. The molecular formula is C8H8N4O3. The van der Waals surface area contributed by atoms with Crippen LogP contribution in [0.5, 0.6) is 0 Å². The summed E-state index contributed by atoms with van der Waals surface area (Å²) in [5.74, 6) is -1.08. The molecule has 2 aromatic rings. The second-order valence-electron chi connectivity index (χ2n) is 3.08. The fourth-order valence-electron chi connectivity index (χ4n) is 1.32. The van der Waals surface area contributed by atoms with E-state index in [0.717, 1.165) is 4.57 Å². The predicted octanol–water partition coefficient (Wildman–Crippen LogP) is -0.785. The number of carboxylic acid groups (broad SMARTS) is 1. The van der Waals surface area contributed by atoms with Gasteiger partial charge in [0.25, 0.3) is 5.56 Å². The van der Waals surface area contributed by atoms with Gasteiger partial charge in [0, 0.05) is 7.05 Å². The van der Waals surface area contributed by atoms with Gasteiger partial charge in [0.15, 0.2) is 5.65 Å². The third-order valence-corrected chi connectivity index (χ3v) is 2.02. The van der Waals surface area contributed by atoms with Gasteiger partial charge in [-0.25, -0.2) is 4.98 Å². The SMILES string of the molecule is Cn1ncc2c(=O)n(CC(=O)O)cnc21. The smallest absolute Gasteiger partial charge is 0.323 e. The van der Waals surface area contributed by atoms with Crippen LogP contribution in [-0.4, -0.2) is 30.4 Å². The van der Waals surface area contributed by atoms with Gasteiger partial charge in [0.2, 0.25) is 0 Å². The summed E-state index contributed by atoms with van der Waals surface area (Å²) in [6, 6.07) is 0. The monoisotopic (exact) mass is 208 g/mol. The number of aliphatic carboxylic acids is 1. The second kappa shape index (κ2) is 3.19. The molecule has 78 valence electrons. The second-order valence-corrected chi connectivity index (χ2v) is 3.08. The van der Waals surface area contributed by atoms with E-state index < -0.39 is 18.1 Å². The highest BCUT2D eigenvalue weighted by molar-refractivity contribution is 5.73. The summed E-state index contributed by atoms with van der Waals surface area (Å²) in [7, 11) is 1.66. The van der Waals surface area contributed by atoms with E-state index in [1.807, 2.05) is 0 Å². The maximum atomic E-state index is 11.7.